The van der Waals surface area contributed by atoms with Crippen LogP contribution in [0.2, 0.25) is 0 Å². The van der Waals surface area contributed by atoms with Crippen molar-refractivity contribution in [3.63, 3.8) is 0 Å². The molecule has 1 atom stereocenters. The van der Waals surface area contributed by atoms with Gasteiger partial charge >= 0.3 is 0 Å². The highest BCUT2D eigenvalue weighted by atomic mass is 14.7. The van der Waals surface area contributed by atoms with Gasteiger partial charge in [-0.2, -0.15) is 0 Å². The lowest BCUT2D eigenvalue weighted by molar-refractivity contribution is 0.634. The van der Waals surface area contributed by atoms with E-state index in [-0.39, 0.29) is 6.04 Å². The van der Waals surface area contributed by atoms with Crippen molar-refractivity contribution >= 4 is 5.69 Å². The number of hydrogen-bond donors (Lipinski definition) is 2. The molecule has 1 heterocycles. The van der Waals surface area contributed by atoms with Crippen LogP contribution in [0.3, 0.4) is 0 Å². The van der Waals surface area contributed by atoms with E-state index in [0.717, 1.165) is 11.3 Å². The summed E-state index contributed by atoms with van der Waals surface area (Å²) in [6.45, 7) is 0. The summed E-state index contributed by atoms with van der Waals surface area (Å²) < 4.78 is 0. The summed E-state index contributed by atoms with van der Waals surface area (Å²) in [6.07, 6.45) is 5.89. The fraction of sp³-hybridized carbons (Fsp3) is 0.444. The summed E-state index contributed by atoms with van der Waals surface area (Å²) in [6, 6.07) is 2.03. The summed E-state index contributed by atoms with van der Waals surface area (Å²) >= 11 is 0. The zero-order valence-corrected chi connectivity index (χ0v) is 6.90. The van der Waals surface area contributed by atoms with E-state index in [9.17, 15) is 0 Å². The first-order chi connectivity index (χ1) is 5.79. The van der Waals surface area contributed by atoms with E-state index in [1.807, 2.05) is 6.07 Å². The third kappa shape index (κ3) is 1.28. The van der Waals surface area contributed by atoms with E-state index in [2.05, 4.69) is 4.98 Å². The third-order valence-corrected chi connectivity index (χ3v) is 2.38. The quantitative estimate of drug-likeness (QED) is 0.685. The maximum absolute atomic E-state index is 5.99. The van der Waals surface area contributed by atoms with E-state index in [1.54, 1.807) is 12.4 Å². The van der Waals surface area contributed by atoms with Gasteiger partial charge in [0.05, 0.1) is 11.9 Å². The molecule has 0 bridgehead atoms. The molecular weight excluding hydrogens is 150 g/mol. The molecule has 1 fully saturated rings. The molecule has 0 spiro atoms. The number of nitrogens with two attached hydrogens (primary N) is 2. The third-order valence-electron chi connectivity index (χ3n) is 2.38. The van der Waals surface area contributed by atoms with Crippen LogP contribution < -0.4 is 11.5 Å². The number of nitrogens with zero attached hydrogens (tertiary/aromatic N) is 1. The van der Waals surface area contributed by atoms with E-state index in [1.165, 1.54) is 12.8 Å². The highest BCUT2D eigenvalue weighted by Crippen LogP contribution is 2.40. The average molecular weight is 163 g/mol. The molecule has 0 amide bonds. The standard InChI is InChI=1S/C9H13N3/c10-8-5-12-4-3-7(8)9(11)6-1-2-6/h3-6,9H,1-2,10-11H2. The minimum Gasteiger partial charge on any atom is -0.397 e. The number of hydrogen-bond acceptors (Lipinski definition) is 3. The zero-order chi connectivity index (χ0) is 8.55. The van der Waals surface area contributed by atoms with Crippen LogP contribution in [-0.4, -0.2) is 4.98 Å². The first-order valence-electron chi connectivity index (χ1n) is 4.24. The molecule has 0 aliphatic heterocycles. The van der Waals surface area contributed by atoms with Gasteiger partial charge in [0.15, 0.2) is 0 Å². The highest BCUT2D eigenvalue weighted by Gasteiger charge is 2.30. The van der Waals surface area contributed by atoms with Gasteiger partial charge in [-0.05, 0) is 30.4 Å². The molecule has 4 N–H and O–H groups in total. The number of rotatable bonds is 2. The summed E-state index contributed by atoms with van der Waals surface area (Å²) in [4.78, 5) is 3.93. The Labute approximate surface area is 71.8 Å². The molecule has 1 saturated carbocycles. The molecular formula is C9H13N3. The minimum absolute atomic E-state index is 0.119. The van der Waals surface area contributed by atoms with Crippen LogP contribution in [0.4, 0.5) is 5.69 Å². The molecule has 64 valence electrons. The maximum Gasteiger partial charge on any atom is 0.0549 e. The topological polar surface area (TPSA) is 64.9 Å². The molecule has 1 aromatic heterocycles. The first-order valence-corrected chi connectivity index (χ1v) is 4.24. The Bertz CT molecular complexity index is 281. The van der Waals surface area contributed by atoms with Crippen LogP contribution >= 0.6 is 0 Å². The van der Waals surface area contributed by atoms with Gasteiger partial charge in [0.1, 0.15) is 0 Å². The van der Waals surface area contributed by atoms with Gasteiger partial charge < -0.3 is 11.5 Å². The van der Waals surface area contributed by atoms with E-state index >= 15 is 0 Å². The summed E-state index contributed by atoms with van der Waals surface area (Å²) in [7, 11) is 0. The summed E-state index contributed by atoms with van der Waals surface area (Å²) in [5, 5.41) is 0. The Hall–Kier alpha value is -1.09. The van der Waals surface area contributed by atoms with Gasteiger partial charge in [-0.1, -0.05) is 0 Å². The number of aromatic nitrogens is 1. The molecule has 2 rings (SSSR count). The largest absolute Gasteiger partial charge is 0.397 e. The SMILES string of the molecule is Nc1cnccc1C(N)C1CC1. The first kappa shape index (κ1) is 7.55. The Morgan fingerprint density at radius 3 is 2.83 bits per heavy atom. The summed E-state index contributed by atoms with van der Waals surface area (Å²) in [5.74, 6) is 0.648. The van der Waals surface area contributed by atoms with Crippen LogP contribution in [-0.2, 0) is 0 Å². The van der Waals surface area contributed by atoms with Crippen LogP contribution in [0, 0.1) is 5.92 Å². The van der Waals surface area contributed by atoms with Gasteiger partial charge in [-0.3, -0.25) is 4.98 Å². The summed E-state index contributed by atoms with van der Waals surface area (Å²) in [5.41, 5.74) is 13.5. The predicted octanol–water partition coefficient (Wildman–Crippen LogP) is 1.07. The van der Waals surface area contributed by atoms with E-state index in [0.29, 0.717) is 5.92 Å². The van der Waals surface area contributed by atoms with Crippen molar-refractivity contribution in [1.29, 1.82) is 0 Å². The van der Waals surface area contributed by atoms with E-state index in [4.69, 9.17) is 11.5 Å². The Balaban J connectivity index is 2.25. The zero-order valence-electron chi connectivity index (χ0n) is 6.90. The van der Waals surface area contributed by atoms with Gasteiger partial charge in [0, 0.05) is 12.2 Å². The lowest BCUT2D eigenvalue weighted by Gasteiger charge is -2.12. The average Bonchev–Trinajstić information content (AvgIpc) is 2.86. The normalized spacial score (nSPS) is 19.1. The molecule has 0 aromatic carbocycles. The van der Waals surface area contributed by atoms with Crippen molar-refractivity contribution in [2.24, 2.45) is 11.7 Å². The van der Waals surface area contributed by atoms with Gasteiger partial charge in [0.25, 0.3) is 0 Å². The van der Waals surface area contributed by atoms with Crippen LogP contribution in [0.5, 0.6) is 0 Å². The second kappa shape index (κ2) is 2.75. The Morgan fingerprint density at radius 2 is 2.25 bits per heavy atom. The fourth-order valence-corrected chi connectivity index (χ4v) is 1.43. The Morgan fingerprint density at radius 1 is 1.50 bits per heavy atom. The molecule has 3 nitrogen and oxygen atoms in total. The predicted molar refractivity (Wildman–Crippen MR) is 48.3 cm³/mol. The number of anilines is 1. The highest BCUT2D eigenvalue weighted by molar-refractivity contribution is 5.46. The van der Waals surface area contributed by atoms with Crippen molar-refractivity contribution in [3.05, 3.63) is 24.0 Å². The monoisotopic (exact) mass is 163 g/mol. The van der Waals surface area contributed by atoms with E-state index < -0.39 is 0 Å². The van der Waals surface area contributed by atoms with Crippen molar-refractivity contribution in [3.8, 4) is 0 Å². The van der Waals surface area contributed by atoms with Gasteiger partial charge in [-0.25, -0.2) is 0 Å². The molecule has 3 heteroatoms. The molecule has 0 saturated heterocycles. The van der Waals surface area contributed by atoms with Crippen LogP contribution in [0.25, 0.3) is 0 Å². The van der Waals surface area contributed by atoms with Crippen molar-refractivity contribution in [1.82, 2.24) is 4.98 Å². The molecule has 0 radical (unpaired) electrons. The molecule has 1 aliphatic carbocycles. The van der Waals surface area contributed by atoms with Crippen LogP contribution in [0.1, 0.15) is 24.4 Å². The maximum atomic E-state index is 5.99. The van der Waals surface area contributed by atoms with Crippen molar-refractivity contribution < 1.29 is 0 Å². The number of pyridine rings is 1. The lowest BCUT2D eigenvalue weighted by Crippen LogP contribution is -2.14. The van der Waals surface area contributed by atoms with Gasteiger partial charge in [0.2, 0.25) is 0 Å². The molecule has 1 unspecified atom stereocenters. The van der Waals surface area contributed by atoms with Gasteiger partial charge in [-0.15, -0.1) is 0 Å². The second-order valence-corrected chi connectivity index (χ2v) is 3.37. The second-order valence-electron chi connectivity index (χ2n) is 3.37. The minimum atomic E-state index is 0.119. The smallest absolute Gasteiger partial charge is 0.0549 e. The molecule has 12 heavy (non-hydrogen) atoms. The van der Waals surface area contributed by atoms with Crippen molar-refractivity contribution in [2.75, 3.05) is 5.73 Å². The number of nitrogen functional groups attached to an aromatic ring is 1. The molecule has 1 aromatic rings. The van der Waals surface area contributed by atoms with Crippen LogP contribution in [0.15, 0.2) is 18.5 Å². The Kier molecular flexibility index (Phi) is 1.73. The fourth-order valence-electron chi connectivity index (χ4n) is 1.43. The lowest BCUT2D eigenvalue weighted by atomic mass is 10.0. The molecule has 1 aliphatic rings. The van der Waals surface area contributed by atoms with Crippen molar-refractivity contribution in [2.45, 2.75) is 18.9 Å².